The molecule has 0 spiro atoms. The zero-order valence-corrected chi connectivity index (χ0v) is 24.5. The van der Waals surface area contributed by atoms with Gasteiger partial charge in [0.25, 0.3) is 0 Å². The molecule has 3 aromatic rings. The summed E-state index contributed by atoms with van der Waals surface area (Å²) in [7, 11) is -3.83. The number of aromatic nitrogens is 3. The van der Waals surface area contributed by atoms with E-state index in [0.29, 0.717) is 67.1 Å². The van der Waals surface area contributed by atoms with Crippen LogP contribution in [-0.4, -0.2) is 95.1 Å². The molecule has 15 heteroatoms. The van der Waals surface area contributed by atoms with E-state index in [1.165, 1.54) is 24.7 Å². The number of fused-ring (bicyclic) bond motifs is 1. The second-order valence-corrected chi connectivity index (χ2v) is 12.5. The molecule has 2 aromatic heterocycles. The van der Waals surface area contributed by atoms with Gasteiger partial charge in [-0.25, -0.2) is 27.9 Å². The van der Waals surface area contributed by atoms with Gasteiger partial charge in [-0.05, 0) is 51.8 Å². The molecular formula is C27H35N7O7S. The van der Waals surface area contributed by atoms with Crippen LogP contribution in [0.4, 0.5) is 16.3 Å². The molecule has 42 heavy (non-hydrogen) atoms. The summed E-state index contributed by atoms with van der Waals surface area (Å²) in [5, 5.41) is 19.9. The Morgan fingerprint density at radius 1 is 1.17 bits per heavy atom. The Labute approximate surface area is 243 Å². The molecule has 226 valence electrons. The van der Waals surface area contributed by atoms with Crippen molar-refractivity contribution in [2.24, 2.45) is 4.99 Å². The molecule has 1 aliphatic rings. The highest BCUT2D eigenvalue weighted by Crippen LogP contribution is 2.32. The number of H-pyrrole nitrogens is 1. The molecule has 0 unspecified atom stereocenters. The largest absolute Gasteiger partial charge is 0.494 e. The minimum Gasteiger partial charge on any atom is -0.494 e. The topological polar surface area (TPSA) is 190 Å². The number of nitrogens with one attached hydrogen (secondary N) is 2. The fourth-order valence-corrected chi connectivity index (χ4v) is 5.48. The number of rotatable bonds is 10. The fourth-order valence-electron chi connectivity index (χ4n) is 4.37. The van der Waals surface area contributed by atoms with Crippen molar-refractivity contribution in [3.8, 4) is 5.88 Å². The third-order valence-corrected chi connectivity index (χ3v) is 7.86. The fraction of sp³-hybridized carbons (Fsp3) is 0.444. The lowest BCUT2D eigenvalue weighted by Crippen LogP contribution is -2.50. The third-order valence-electron chi connectivity index (χ3n) is 6.40. The van der Waals surface area contributed by atoms with Crippen LogP contribution in [0, 0.1) is 0 Å². The van der Waals surface area contributed by atoms with Crippen molar-refractivity contribution in [2.45, 2.75) is 50.5 Å². The van der Waals surface area contributed by atoms with Crippen molar-refractivity contribution in [2.75, 3.05) is 37.6 Å². The molecule has 0 radical (unpaired) electrons. The number of hydrogen-bond donors (Lipinski definition) is 4. The molecular weight excluding hydrogens is 566 g/mol. The number of unbranched alkanes of at least 4 members (excludes halogenated alkanes) is 1. The predicted octanol–water partition coefficient (Wildman–Crippen LogP) is 3.00. The van der Waals surface area contributed by atoms with E-state index >= 15 is 0 Å². The van der Waals surface area contributed by atoms with Crippen molar-refractivity contribution >= 4 is 50.8 Å². The van der Waals surface area contributed by atoms with Gasteiger partial charge in [-0.15, -0.1) is 0 Å². The normalized spacial score (nSPS) is 14.5. The minimum absolute atomic E-state index is 0.00501. The van der Waals surface area contributed by atoms with Gasteiger partial charge >= 0.3 is 12.1 Å². The lowest BCUT2D eigenvalue weighted by molar-refractivity contribution is -0.137. The lowest BCUT2D eigenvalue weighted by atomic mass is 10.2. The SMILES string of the molecule is CC(C)(C)OC(=O)N1CCN(c2ncnc3[nH]c(O)c(C=Nc4cccc(S(=O)(=O)NCCCCC(=O)O)c4)c23)CC1. The summed E-state index contributed by atoms with van der Waals surface area (Å²) in [5.41, 5.74) is 0.479. The molecule has 1 saturated heterocycles. The standard InChI is InChI=1S/C27H35N7O7S/c1-27(2,3)41-26(38)34-13-11-33(12-14-34)24-22-20(25(37)32-23(22)29-17-30-24)16-28-18-7-6-8-19(15-18)42(39,40)31-10-5-4-9-21(35)36/h6-8,15-17,31,37H,4-5,9-14H2,1-3H3,(H,35,36)(H,29,30,32). The summed E-state index contributed by atoms with van der Waals surface area (Å²) in [6.45, 7) is 7.39. The van der Waals surface area contributed by atoms with Crippen molar-refractivity contribution in [3.05, 3.63) is 36.2 Å². The third kappa shape index (κ3) is 7.73. The van der Waals surface area contributed by atoms with Gasteiger partial charge in [0.2, 0.25) is 10.0 Å². The molecule has 4 rings (SSSR count). The maximum atomic E-state index is 12.7. The van der Waals surface area contributed by atoms with E-state index in [-0.39, 0.29) is 29.8 Å². The lowest BCUT2D eigenvalue weighted by Gasteiger charge is -2.36. The van der Waals surface area contributed by atoms with Crippen molar-refractivity contribution < 1.29 is 33.0 Å². The van der Waals surface area contributed by atoms with Crippen LogP contribution in [0.15, 0.2) is 40.5 Å². The van der Waals surface area contributed by atoms with Crippen molar-refractivity contribution in [1.82, 2.24) is 24.6 Å². The van der Waals surface area contributed by atoms with Crippen LogP contribution in [0.3, 0.4) is 0 Å². The minimum atomic E-state index is -3.83. The highest BCUT2D eigenvalue weighted by atomic mass is 32.2. The molecule has 1 fully saturated rings. The first-order chi connectivity index (χ1) is 19.8. The molecule has 1 aromatic carbocycles. The number of carboxylic acids is 1. The average molecular weight is 602 g/mol. The molecule has 0 bridgehead atoms. The van der Waals surface area contributed by atoms with Gasteiger partial charge in [0.15, 0.2) is 5.88 Å². The number of aliphatic imine (C=N–C) groups is 1. The summed E-state index contributed by atoms with van der Waals surface area (Å²) in [4.78, 5) is 42.7. The summed E-state index contributed by atoms with van der Waals surface area (Å²) < 4.78 is 33.4. The summed E-state index contributed by atoms with van der Waals surface area (Å²) in [5.74, 6) is -0.538. The molecule has 0 aliphatic carbocycles. The summed E-state index contributed by atoms with van der Waals surface area (Å²) in [6, 6.07) is 6.01. The van der Waals surface area contributed by atoms with Crippen LogP contribution >= 0.6 is 0 Å². The number of carboxylic acid groups (broad SMARTS) is 1. The van der Waals surface area contributed by atoms with Gasteiger partial charge in [-0.3, -0.25) is 9.79 Å². The van der Waals surface area contributed by atoms with E-state index in [2.05, 4.69) is 24.7 Å². The van der Waals surface area contributed by atoms with E-state index < -0.39 is 21.6 Å². The predicted molar refractivity (Wildman–Crippen MR) is 156 cm³/mol. The Hall–Kier alpha value is -4.24. The maximum Gasteiger partial charge on any atom is 0.410 e. The molecule has 0 saturated carbocycles. The van der Waals surface area contributed by atoms with Gasteiger partial charge in [0, 0.05) is 45.4 Å². The van der Waals surface area contributed by atoms with Crippen LogP contribution in [0.25, 0.3) is 11.0 Å². The molecule has 0 atom stereocenters. The second kappa shape index (κ2) is 12.7. The number of benzene rings is 1. The highest BCUT2D eigenvalue weighted by molar-refractivity contribution is 7.89. The van der Waals surface area contributed by atoms with Crippen LogP contribution in [0.2, 0.25) is 0 Å². The first kappa shape index (κ1) is 30.7. The molecule has 4 N–H and O–H groups in total. The van der Waals surface area contributed by atoms with E-state index in [9.17, 15) is 23.1 Å². The number of aliphatic carboxylic acids is 1. The number of ether oxygens (including phenoxy) is 1. The molecule has 14 nitrogen and oxygen atoms in total. The summed E-state index contributed by atoms with van der Waals surface area (Å²) in [6.07, 6.45) is 3.16. The Morgan fingerprint density at radius 2 is 1.90 bits per heavy atom. The van der Waals surface area contributed by atoms with Gasteiger partial charge < -0.3 is 29.7 Å². The van der Waals surface area contributed by atoms with E-state index in [1.54, 1.807) is 17.0 Å². The van der Waals surface area contributed by atoms with Gasteiger partial charge in [-0.2, -0.15) is 0 Å². The first-order valence-corrected chi connectivity index (χ1v) is 15.0. The number of anilines is 1. The number of nitrogens with zero attached hydrogens (tertiary/aromatic N) is 5. The van der Waals surface area contributed by atoms with Gasteiger partial charge in [-0.1, -0.05) is 6.07 Å². The smallest absolute Gasteiger partial charge is 0.410 e. The molecule has 3 heterocycles. The van der Waals surface area contributed by atoms with Crippen LogP contribution in [-0.2, 0) is 19.6 Å². The number of carbonyl (C=O) groups is 2. The van der Waals surface area contributed by atoms with E-state index in [1.807, 2.05) is 25.7 Å². The van der Waals surface area contributed by atoms with E-state index in [0.717, 1.165) is 0 Å². The highest BCUT2D eigenvalue weighted by Gasteiger charge is 2.28. The quantitative estimate of drug-likeness (QED) is 0.198. The number of aromatic amines is 1. The Balaban J connectivity index is 1.50. The Kier molecular flexibility index (Phi) is 9.31. The van der Waals surface area contributed by atoms with Crippen LogP contribution in [0.5, 0.6) is 5.88 Å². The number of carbonyl (C=O) groups excluding carboxylic acids is 1. The zero-order valence-electron chi connectivity index (χ0n) is 23.7. The monoisotopic (exact) mass is 601 g/mol. The first-order valence-electron chi connectivity index (χ1n) is 13.5. The van der Waals surface area contributed by atoms with Gasteiger partial charge in [0.1, 0.15) is 23.4 Å². The van der Waals surface area contributed by atoms with Crippen LogP contribution in [0.1, 0.15) is 45.6 Å². The second-order valence-electron chi connectivity index (χ2n) is 10.8. The zero-order chi connectivity index (χ0) is 30.5. The summed E-state index contributed by atoms with van der Waals surface area (Å²) >= 11 is 0. The number of hydrogen-bond acceptors (Lipinski definition) is 10. The average Bonchev–Trinajstić information content (AvgIpc) is 3.25. The number of piperazine rings is 1. The number of aromatic hydroxyl groups is 1. The van der Waals surface area contributed by atoms with Crippen molar-refractivity contribution in [3.63, 3.8) is 0 Å². The van der Waals surface area contributed by atoms with Crippen LogP contribution < -0.4 is 9.62 Å². The van der Waals surface area contributed by atoms with E-state index in [4.69, 9.17) is 9.84 Å². The number of sulfonamides is 1. The Bertz CT molecular complexity index is 1570. The number of amides is 1. The van der Waals surface area contributed by atoms with Crippen molar-refractivity contribution in [1.29, 1.82) is 0 Å². The molecule has 1 amide bonds. The molecule has 1 aliphatic heterocycles. The maximum absolute atomic E-state index is 12.7. The van der Waals surface area contributed by atoms with Gasteiger partial charge in [0.05, 0.1) is 21.5 Å². The Morgan fingerprint density at radius 3 is 2.60 bits per heavy atom.